The van der Waals surface area contributed by atoms with Crippen LogP contribution in [0.1, 0.15) is 43.4 Å². The van der Waals surface area contributed by atoms with Crippen LogP contribution in [0.2, 0.25) is 5.02 Å². The number of unbranched alkanes of at least 4 members (excludes halogenated alkanes) is 2. The lowest BCUT2D eigenvalue weighted by Crippen LogP contribution is -2.29. The molecule has 1 amide bonds. The standard InChI is InChI=1S/C29H28ClNO6/c1-3-4-8-15-37-21-13-11-18(12-14-21)26(32)24-25(19-16-22(30)27(33)23(17-19)36-2)31(29(35)28(24)34)20-9-6-5-7-10-20/h5-7,9-14,16-17,25,32-33H,3-4,8,15H2,1-2H3/b26-24+. The van der Waals surface area contributed by atoms with Crippen LogP contribution in [0.25, 0.3) is 5.76 Å². The summed E-state index contributed by atoms with van der Waals surface area (Å²) < 4.78 is 11.0. The molecule has 192 valence electrons. The quantitative estimate of drug-likeness (QED) is 0.149. The Kier molecular flexibility index (Phi) is 8.04. The smallest absolute Gasteiger partial charge is 0.300 e. The Hall–Kier alpha value is -3.97. The monoisotopic (exact) mass is 521 g/mol. The topological polar surface area (TPSA) is 96.3 Å². The number of aromatic hydroxyl groups is 1. The van der Waals surface area contributed by atoms with Gasteiger partial charge in [0.15, 0.2) is 11.5 Å². The van der Waals surface area contributed by atoms with Crippen LogP contribution in [-0.2, 0) is 9.59 Å². The van der Waals surface area contributed by atoms with Crippen molar-refractivity contribution in [2.75, 3.05) is 18.6 Å². The largest absolute Gasteiger partial charge is 0.507 e. The molecule has 0 bridgehead atoms. The van der Waals surface area contributed by atoms with Gasteiger partial charge in [0.1, 0.15) is 11.5 Å². The van der Waals surface area contributed by atoms with Gasteiger partial charge in [-0.3, -0.25) is 14.5 Å². The molecule has 37 heavy (non-hydrogen) atoms. The van der Waals surface area contributed by atoms with Crippen molar-refractivity contribution in [2.24, 2.45) is 0 Å². The number of ketones is 1. The molecule has 0 radical (unpaired) electrons. The average molecular weight is 522 g/mol. The third kappa shape index (κ3) is 5.27. The van der Waals surface area contributed by atoms with Crippen LogP contribution >= 0.6 is 11.6 Å². The number of carbonyl (C=O) groups excluding carboxylic acids is 2. The molecule has 2 N–H and O–H groups in total. The molecular formula is C29H28ClNO6. The fourth-order valence-electron chi connectivity index (χ4n) is 4.32. The first-order valence-corrected chi connectivity index (χ1v) is 12.4. The number of amides is 1. The van der Waals surface area contributed by atoms with Gasteiger partial charge in [-0.1, -0.05) is 49.6 Å². The Labute approximate surface area is 220 Å². The summed E-state index contributed by atoms with van der Waals surface area (Å²) in [7, 11) is 1.37. The minimum Gasteiger partial charge on any atom is -0.507 e. The highest BCUT2D eigenvalue weighted by atomic mass is 35.5. The number of para-hydroxylation sites is 1. The number of phenols is 1. The van der Waals surface area contributed by atoms with E-state index in [2.05, 4.69) is 6.92 Å². The van der Waals surface area contributed by atoms with E-state index in [9.17, 15) is 19.8 Å². The van der Waals surface area contributed by atoms with E-state index in [0.29, 0.717) is 29.2 Å². The summed E-state index contributed by atoms with van der Waals surface area (Å²) in [5.41, 5.74) is 1.11. The SMILES string of the molecule is CCCCCOc1ccc(/C(O)=C2\C(=O)C(=O)N(c3ccccc3)C2c2cc(Cl)c(O)c(OC)c2)cc1. The number of methoxy groups -OCH3 is 1. The molecule has 8 heteroatoms. The normalized spacial score (nSPS) is 16.7. The Balaban J connectivity index is 1.81. The van der Waals surface area contributed by atoms with Crippen molar-refractivity contribution in [2.45, 2.75) is 32.2 Å². The molecule has 0 saturated carbocycles. The van der Waals surface area contributed by atoms with Crippen molar-refractivity contribution >= 4 is 34.7 Å². The van der Waals surface area contributed by atoms with Crippen molar-refractivity contribution in [1.82, 2.24) is 0 Å². The third-order valence-corrected chi connectivity index (χ3v) is 6.50. The summed E-state index contributed by atoms with van der Waals surface area (Å²) in [5.74, 6) is -1.51. The highest BCUT2D eigenvalue weighted by Crippen LogP contribution is 2.45. The Morgan fingerprint density at radius 2 is 1.73 bits per heavy atom. The second-order valence-electron chi connectivity index (χ2n) is 8.64. The van der Waals surface area contributed by atoms with Gasteiger partial charge in [-0.15, -0.1) is 0 Å². The van der Waals surface area contributed by atoms with E-state index in [1.54, 1.807) is 54.6 Å². The minimum absolute atomic E-state index is 0.0161. The minimum atomic E-state index is -1.01. The number of halogens is 1. The number of rotatable bonds is 9. The van der Waals surface area contributed by atoms with Crippen LogP contribution in [0, 0.1) is 0 Å². The molecule has 1 heterocycles. The molecule has 3 aromatic rings. The highest BCUT2D eigenvalue weighted by Gasteiger charge is 2.47. The molecule has 4 rings (SSSR count). The van der Waals surface area contributed by atoms with Gasteiger partial charge in [-0.05, 0) is 60.5 Å². The van der Waals surface area contributed by atoms with Crippen LogP contribution in [0.15, 0.2) is 72.3 Å². The first-order chi connectivity index (χ1) is 17.9. The van der Waals surface area contributed by atoms with Crippen molar-refractivity contribution in [3.63, 3.8) is 0 Å². The lowest BCUT2D eigenvalue weighted by Gasteiger charge is -2.26. The number of nitrogens with zero attached hydrogens (tertiary/aromatic N) is 1. The zero-order valence-corrected chi connectivity index (χ0v) is 21.4. The molecule has 0 aliphatic carbocycles. The van der Waals surface area contributed by atoms with Gasteiger partial charge in [0, 0.05) is 11.3 Å². The molecule has 0 spiro atoms. The summed E-state index contributed by atoms with van der Waals surface area (Å²) >= 11 is 6.25. The Bertz CT molecular complexity index is 1320. The molecule has 1 aliphatic heterocycles. The number of Topliss-reactive ketones (excluding diaryl/α,β-unsaturated/α-hetero) is 1. The first kappa shape index (κ1) is 26.1. The molecule has 1 aliphatic rings. The highest BCUT2D eigenvalue weighted by molar-refractivity contribution is 6.51. The van der Waals surface area contributed by atoms with E-state index in [1.165, 1.54) is 24.1 Å². The molecule has 1 unspecified atom stereocenters. The summed E-state index contributed by atoms with van der Waals surface area (Å²) in [6.07, 6.45) is 3.11. The van der Waals surface area contributed by atoms with Gasteiger partial charge in [-0.25, -0.2) is 0 Å². The maximum absolute atomic E-state index is 13.3. The van der Waals surface area contributed by atoms with E-state index in [1.807, 2.05) is 0 Å². The lowest BCUT2D eigenvalue weighted by molar-refractivity contribution is -0.132. The van der Waals surface area contributed by atoms with Crippen LogP contribution in [0.3, 0.4) is 0 Å². The van der Waals surface area contributed by atoms with Gasteiger partial charge < -0.3 is 19.7 Å². The lowest BCUT2D eigenvalue weighted by atomic mass is 9.94. The van der Waals surface area contributed by atoms with Gasteiger partial charge in [-0.2, -0.15) is 0 Å². The molecular weight excluding hydrogens is 494 g/mol. The predicted molar refractivity (Wildman–Crippen MR) is 142 cm³/mol. The van der Waals surface area contributed by atoms with Crippen molar-refractivity contribution < 1.29 is 29.3 Å². The van der Waals surface area contributed by atoms with Gasteiger partial charge in [0.25, 0.3) is 11.7 Å². The average Bonchev–Trinajstić information content (AvgIpc) is 3.18. The number of aliphatic hydroxyl groups excluding tert-OH is 1. The number of anilines is 1. The van der Waals surface area contributed by atoms with E-state index in [0.717, 1.165) is 19.3 Å². The van der Waals surface area contributed by atoms with Crippen LogP contribution < -0.4 is 14.4 Å². The number of phenolic OH excluding ortho intramolecular Hbond substituents is 1. The van der Waals surface area contributed by atoms with Crippen molar-refractivity contribution in [3.05, 3.63) is 88.5 Å². The Morgan fingerprint density at radius 1 is 1.03 bits per heavy atom. The summed E-state index contributed by atoms with van der Waals surface area (Å²) in [4.78, 5) is 27.9. The van der Waals surface area contributed by atoms with Crippen LogP contribution in [0.4, 0.5) is 5.69 Å². The van der Waals surface area contributed by atoms with Crippen molar-refractivity contribution in [1.29, 1.82) is 0 Å². The zero-order chi connectivity index (χ0) is 26.5. The summed E-state index contributed by atoms with van der Waals surface area (Å²) in [5, 5.41) is 21.5. The second-order valence-corrected chi connectivity index (χ2v) is 9.05. The number of hydrogen-bond donors (Lipinski definition) is 2. The fourth-order valence-corrected chi connectivity index (χ4v) is 4.54. The molecule has 7 nitrogen and oxygen atoms in total. The second kappa shape index (κ2) is 11.4. The van der Waals surface area contributed by atoms with Gasteiger partial charge in [0.2, 0.25) is 0 Å². The first-order valence-electron chi connectivity index (χ1n) is 12.0. The number of aliphatic hydroxyl groups is 1. The van der Waals surface area contributed by atoms with E-state index < -0.39 is 17.7 Å². The van der Waals surface area contributed by atoms with Crippen LogP contribution in [-0.4, -0.2) is 35.6 Å². The van der Waals surface area contributed by atoms with E-state index >= 15 is 0 Å². The number of benzene rings is 3. The molecule has 3 aromatic carbocycles. The molecule has 1 atom stereocenters. The van der Waals surface area contributed by atoms with Crippen molar-refractivity contribution in [3.8, 4) is 17.2 Å². The molecule has 1 saturated heterocycles. The fraction of sp³-hybridized carbons (Fsp3) is 0.241. The zero-order valence-electron chi connectivity index (χ0n) is 20.6. The van der Waals surface area contributed by atoms with E-state index in [-0.39, 0.29) is 27.9 Å². The Morgan fingerprint density at radius 3 is 2.38 bits per heavy atom. The third-order valence-electron chi connectivity index (χ3n) is 6.21. The van der Waals surface area contributed by atoms with Gasteiger partial charge in [0.05, 0.1) is 30.4 Å². The predicted octanol–water partition coefficient (Wildman–Crippen LogP) is 6.25. The number of carbonyl (C=O) groups is 2. The maximum atomic E-state index is 13.3. The van der Waals surface area contributed by atoms with Crippen LogP contribution in [0.5, 0.6) is 17.2 Å². The maximum Gasteiger partial charge on any atom is 0.300 e. The molecule has 1 fully saturated rings. The summed E-state index contributed by atoms with van der Waals surface area (Å²) in [6, 6.07) is 17.3. The van der Waals surface area contributed by atoms with Gasteiger partial charge >= 0.3 is 0 Å². The molecule has 0 aromatic heterocycles. The number of ether oxygens (including phenoxy) is 2. The van der Waals surface area contributed by atoms with E-state index in [4.69, 9.17) is 21.1 Å². The summed E-state index contributed by atoms with van der Waals surface area (Å²) in [6.45, 7) is 2.71. The number of hydrogen-bond acceptors (Lipinski definition) is 6.